The first-order valence-corrected chi connectivity index (χ1v) is 6.97. The fourth-order valence-electron chi connectivity index (χ4n) is 2.01. The van der Waals surface area contributed by atoms with Crippen LogP contribution in [0.3, 0.4) is 0 Å². The summed E-state index contributed by atoms with van der Waals surface area (Å²) in [6.07, 6.45) is 1.66. The lowest BCUT2D eigenvalue weighted by Gasteiger charge is -2.30. The summed E-state index contributed by atoms with van der Waals surface area (Å²) in [4.78, 5) is 6.88. The molecule has 2 N–H and O–H groups in total. The van der Waals surface area contributed by atoms with Crippen molar-refractivity contribution in [2.24, 2.45) is 5.73 Å². The number of pyridine rings is 1. The first kappa shape index (κ1) is 15.9. The molecule has 1 heterocycles. The van der Waals surface area contributed by atoms with Crippen molar-refractivity contribution in [3.8, 4) is 5.88 Å². The molecule has 106 valence electrons. The molecule has 0 bridgehead atoms. The van der Waals surface area contributed by atoms with Crippen LogP contribution in [0.4, 0.5) is 0 Å². The van der Waals surface area contributed by atoms with Gasteiger partial charge >= 0.3 is 0 Å². The number of aromatic nitrogens is 1. The fraction of sp³-hybridized carbons (Fsp3) is 0.571. The summed E-state index contributed by atoms with van der Waals surface area (Å²) in [5.41, 5.74) is 6.36. The molecule has 0 fully saturated rings. The van der Waals surface area contributed by atoms with Crippen LogP contribution >= 0.6 is 12.2 Å². The van der Waals surface area contributed by atoms with Crippen LogP contribution in [0.5, 0.6) is 5.88 Å². The lowest BCUT2D eigenvalue weighted by atomic mass is 10.2. The normalized spacial score (nSPS) is 11.3. The Hall–Kier alpha value is -1.20. The smallest absolute Gasteiger partial charge is 0.213 e. The Bertz CT molecular complexity index is 413. The second-order valence-electron chi connectivity index (χ2n) is 5.02. The van der Waals surface area contributed by atoms with E-state index in [2.05, 4.69) is 37.6 Å². The van der Waals surface area contributed by atoms with Crippen molar-refractivity contribution in [1.82, 2.24) is 9.88 Å². The fourth-order valence-corrected chi connectivity index (χ4v) is 2.14. The number of nitrogens with two attached hydrogens (primary N) is 1. The molecule has 0 amide bonds. The summed E-state index contributed by atoms with van der Waals surface area (Å²) in [6, 6.07) is 4.56. The predicted octanol–water partition coefficient (Wildman–Crippen LogP) is 2.21. The molecule has 1 rings (SSSR count). The summed E-state index contributed by atoms with van der Waals surface area (Å²) in [5, 5.41) is 0. The second-order valence-corrected chi connectivity index (χ2v) is 5.46. The number of nitrogens with zero attached hydrogens (tertiary/aromatic N) is 2. The van der Waals surface area contributed by atoms with Gasteiger partial charge in [0.2, 0.25) is 5.88 Å². The van der Waals surface area contributed by atoms with Gasteiger partial charge in [0.05, 0.1) is 0 Å². The van der Waals surface area contributed by atoms with Crippen LogP contribution < -0.4 is 10.5 Å². The summed E-state index contributed by atoms with van der Waals surface area (Å²) in [5.74, 6) is 0.567. The minimum absolute atomic E-state index is 0.359. The van der Waals surface area contributed by atoms with Crippen molar-refractivity contribution in [2.75, 3.05) is 13.2 Å². The van der Waals surface area contributed by atoms with Gasteiger partial charge in [0.1, 0.15) is 11.6 Å². The third-order valence-electron chi connectivity index (χ3n) is 2.95. The lowest BCUT2D eigenvalue weighted by Crippen LogP contribution is -2.39. The molecule has 1 aromatic rings. The third kappa shape index (κ3) is 5.12. The van der Waals surface area contributed by atoms with Gasteiger partial charge in [-0.05, 0) is 33.8 Å². The molecular formula is C14H23N3OS. The van der Waals surface area contributed by atoms with Gasteiger partial charge in [-0.25, -0.2) is 4.98 Å². The summed E-state index contributed by atoms with van der Waals surface area (Å²) >= 11 is 4.93. The SMILES string of the molecule is CC(C)N(CCOc1cc(C(N)=S)ccn1)C(C)C. The van der Waals surface area contributed by atoms with Gasteiger partial charge in [-0.1, -0.05) is 12.2 Å². The van der Waals surface area contributed by atoms with Crippen LogP contribution in [-0.4, -0.2) is 40.1 Å². The molecular weight excluding hydrogens is 258 g/mol. The molecule has 0 aliphatic carbocycles. The van der Waals surface area contributed by atoms with Crippen LogP contribution in [0.2, 0.25) is 0 Å². The van der Waals surface area contributed by atoms with Crippen molar-refractivity contribution in [1.29, 1.82) is 0 Å². The number of rotatable bonds is 7. The monoisotopic (exact) mass is 281 g/mol. The van der Waals surface area contributed by atoms with E-state index in [9.17, 15) is 0 Å². The van der Waals surface area contributed by atoms with Crippen molar-refractivity contribution >= 4 is 17.2 Å². The third-order valence-corrected chi connectivity index (χ3v) is 3.18. The highest BCUT2D eigenvalue weighted by atomic mass is 32.1. The molecule has 19 heavy (non-hydrogen) atoms. The highest BCUT2D eigenvalue weighted by Gasteiger charge is 2.13. The minimum atomic E-state index is 0.359. The Morgan fingerprint density at radius 2 is 2.00 bits per heavy atom. The van der Waals surface area contributed by atoms with E-state index in [0.717, 1.165) is 12.1 Å². The molecule has 0 spiro atoms. The van der Waals surface area contributed by atoms with Gasteiger partial charge in [0.25, 0.3) is 0 Å². The molecule has 0 aliphatic rings. The van der Waals surface area contributed by atoms with Crippen molar-refractivity contribution in [3.63, 3.8) is 0 Å². The largest absolute Gasteiger partial charge is 0.476 e. The van der Waals surface area contributed by atoms with Gasteiger partial charge in [0, 0.05) is 36.5 Å². The number of ether oxygens (including phenoxy) is 1. The van der Waals surface area contributed by atoms with Crippen molar-refractivity contribution in [2.45, 2.75) is 39.8 Å². The number of thiocarbonyl (C=S) groups is 1. The van der Waals surface area contributed by atoms with Gasteiger partial charge < -0.3 is 10.5 Å². The summed E-state index contributed by atoms with van der Waals surface area (Å²) < 4.78 is 5.66. The van der Waals surface area contributed by atoms with E-state index in [0.29, 0.717) is 29.6 Å². The van der Waals surface area contributed by atoms with E-state index in [1.807, 2.05) is 0 Å². The summed E-state index contributed by atoms with van der Waals surface area (Å²) in [7, 11) is 0. The maximum Gasteiger partial charge on any atom is 0.213 e. The molecule has 0 aromatic carbocycles. The quantitative estimate of drug-likeness (QED) is 0.777. The lowest BCUT2D eigenvalue weighted by molar-refractivity contribution is 0.140. The van der Waals surface area contributed by atoms with E-state index >= 15 is 0 Å². The highest BCUT2D eigenvalue weighted by molar-refractivity contribution is 7.80. The molecule has 5 heteroatoms. The first-order valence-electron chi connectivity index (χ1n) is 6.56. The van der Waals surface area contributed by atoms with E-state index in [1.54, 1.807) is 18.3 Å². The van der Waals surface area contributed by atoms with Crippen molar-refractivity contribution in [3.05, 3.63) is 23.9 Å². The van der Waals surface area contributed by atoms with Gasteiger partial charge in [-0.3, -0.25) is 4.90 Å². The summed E-state index contributed by atoms with van der Waals surface area (Å²) in [6.45, 7) is 10.2. The van der Waals surface area contributed by atoms with Crippen LogP contribution in [0.15, 0.2) is 18.3 Å². The highest BCUT2D eigenvalue weighted by Crippen LogP contribution is 2.10. The molecule has 0 unspecified atom stereocenters. The molecule has 1 aromatic heterocycles. The topological polar surface area (TPSA) is 51.4 Å². The predicted molar refractivity (Wildman–Crippen MR) is 82.6 cm³/mol. The average molecular weight is 281 g/mol. The molecule has 0 radical (unpaired) electrons. The Balaban J connectivity index is 2.53. The van der Waals surface area contributed by atoms with E-state index in [4.69, 9.17) is 22.7 Å². The minimum Gasteiger partial charge on any atom is -0.476 e. The Kier molecular flexibility index (Phi) is 6.18. The van der Waals surface area contributed by atoms with Crippen LogP contribution in [0, 0.1) is 0 Å². The zero-order chi connectivity index (χ0) is 14.4. The zero-order valence-corrected chi connectivity index (χ0v) is 12.9. The second kappa shape index (κ2) is 7.40. The van der Waals surface area contributed by atoms with Gasteiger partial charge in [-0.2, -0.15) is 0 Å². The zero-order valence-electron chi connectivity index (χ0n) is 12.1. The number of hydrogen-bond acceptors (Lipinski definition) is 4. The molecule has 0 atom stereocenters. The van der Waals surface area contributed by atoms with E-state index in [1.165, 1.54) is 0 Å². The maximum atomic E-state index is 5.66. The molecule has 0 saturated carbocycles. The molecule has 0 saturated heterocycles. The van der Waals surface area contributed by atoms with E-state index < -0.39 is 0 Å². The Labute approximate surface area is 121 Å². The number of hydrogen-bond donors (Lipinski definition) is 1. The Morgan fingerprint density at radius 3 is 2.53 bits per heavy atom. The average Bonchev–Trinajstić information content (AvgIpc) is 2.34. The first-order chi connectivity index (χ1) is 8.91. The molecule has 4 nitrogen and oxygen atoms in total. The van der Waals surface area contributed by atoms with Crippen LogP contribution in [0.25, 0.3) is 0 Å². The van der Waals surface area contributed by atoms with Crippen molar-refractivity contribution < 1.29 is 4.74 Å². The van der Waals surface area contributed by atoms with Crippen LogP contribution in [-0.2, 0) is 0 Å². The van der Waals surface area contributed by atoms with Gasteiger partial charge in [-0.15, -0.1) is 0 Å². The Morgan fingerprint density at radius 1 is 1.37 bits per heavy atom. The maximum absolute atomic E-state index is 5.66. The standard InChI is InChI=1S/C14H23N3OS/c1-10(2)17(11(3)4)7-8-18-13-9-12(14(15)19)5-6-16-13/h5-6,9-11H,7-8H2,1-4H3,(H2,15,19). The molecule has 0 aliphatic heterocycles. The van der Waals surface area contributed by atoms with Gasteiger partial charge in [0.15, 0.2) is 0 Å². The van der Waals surface area contributed by atoms with E-state index in [-0.39, 0.29) is 0 Å². The van der Waals surface area contributed by atoms with Crippen LogP contribution in [0.1, 0.15) is 33.3 Å².